The molecule has 5 heteroatoms. The third-order valence-electron chi connectivity index (χ3n) is 4.22. The van der Waals surface area contributed by atoms with Gasteiger partial charge in [-0.1, -0.05) is 18.6 Å². The molecular formula is C18H22N4O. The lowest BCUT2D eigenvalue weighted by Gasteiger charge is -2.35. The summed E-state index contributed by atoms with van der Waals surface area (Å²) in [7, 11) is 0. The van der Waals surface area contributed by atoms with Gasteiger partial charge in [-0.15, -0.1) is 0 Å². The molecule has 23 heavy (non-hydrogen) atoms. The Morgan fingerprint density at radius 2 is 2.09 bits per heavy atom. The molecule has 0 radical (unpaired) electrons. The van der Waals surface area contributed by atoms with Gasteiger partial charge in [-0.3, -0.25) is 9.69 Å². The van der Waals surface area contributed by atoms with E-state index in [1.54, 1.807) is 6.33 Å². The number of carbonyl (C=O) groups is 1. The van der Waals surface area contributed by atoms with Crippen molar-refractivity contribution in [2.24, 2.45) is 0 Å². The topological polar surface area (TPSA) is 58.1 Å². The summed E-state index contributed by atoms with van der Waals surface area (Å²) in [6.07, 6.45) is 7.06. The van der Waals surface area contributed by atoms with Crippen molar-refractivity contribution >= 4 is 11.6 Å². The predicted octanol–water partition coefficient (Wildman–Crippen LogP) is 3.16. The van der Waals surface area contributed by atoms with Crippen molar-refractivity contribution in [3.8, 4) is 0 Å². The number of benzene rings is 1. The molecule has 2 heterocycles. The summed E-state index contributed by atoms with van der Waals surface area (Å²) in [5.74, 6) is -0.0439. The molecule has 1 saturated heterocycles. The number of nitrogens with zero attached hydrogens (tertiary/aromatic N) is 3. The van der Waals surface area contributed by atoms with Gasteiger partial charge in [0, 0.05) is 25.4 Å². The molecule has 0 bridgehead atoms. The van der Waals surface area contributed by atoms with Gasteiger partial charge in [0.25, 0.3) is 0 Å². The first-order chi connectivity index (χ1) is 11.2. The summed E-state index contributed by atoms with van der Waals surface area (Å²) in [5, 5.41) is 2.80. The quantitative estimate of drug-likeness (QED) is 0.942. The maximum Gasteiger partial charge on any atom is 0.221 e. The molecule has 0 saturated carbocycles. The second-order valence-electron chi connectivity index (χ2n) is 5.99. The summed E-state index contributed by atoms with van der Waals surface area (Å²) >= 11 is 0. The van der Waals surface area contributed by atoms with Crippen LogP contribution in [0, 0.1) is 0 Å². The van der Waals surface area contributed by atoms with Crippen molar-refractivity contribution in [2.45, 2.75) is 38.8 Å². The zero-order valence-corrected chi connectivity index (χ0v) is 13.4. The molecule has 0 aliphatic carbocycles. The highest BCUT2D eigenvalue weighted by atomic mass is 16.1. The van der Waals surface area contributed by atoms with Crippen LogP contribution in [-0.4, -0.2) is 27.3 Å². The largest absolute Gasteiger partial charge is 0.326 e. The number of hydrogen-bond donors (Lipinski definition) is 1. The second kappa shape index (κ2) is 7.33. The molecule has 1 amide bonds. The van der Waals surface area contributed by atoms with Crippen molar-refractivity contribution < 1.29 is 4.79 Å². The Morgan fingerprint density at radius 3 is 2.78 bits per heavy atom. The number of rotatable bonds is 4. The average Bonchev–Trinajstić information content (AvgIpc) is 2.57. The first-order valence-corrected chi connectivity index (χ1v) is 8.09. The van der Waals surface area contributed by atoms with E-state index >= 15 is 0 Å². The molecule has 2 aromatic rings. The zero-order chi connectivity index (χ0) is 16.1. The molecule has 1 fully saturated rings. The Labute approximate surface area is 136 Å². The molecule has 1 atom stereocenters. The van der Waals surface area contributed by atoms with E-state index in [2.05, 4.69) is 32.3 Å². The van der Waals surface area contributed by atoms with Crippen LogP contribution in [0.25, 0.3) is 0 Å². The van der Waals surface area contributed by atoms with E-state index in [-0.39, 0.29) is 5.91 Å². The number of piperidine rings is 1. The van der Waals surface area contributed by atoms with Crippen molar-refractivity contribution in [1.82, 2.24) is 14.9 Å². The Balaban J connectivity index is 1.71. The van der Waals surface area contributed by atoms with Gasteiger partial charge in [-0.25, -0.2) is 9.97 Å². The summed E-state index contributed by atoms with van der Waals surface area (Å²) in [4.78, 5) is 22.0. The van der Waals surface area contributed by atoms with E-state index in [0.717, 1.165) is 30.9 Å². The Kier molecular flexibility index (Phi) is 4.98. The van der Waals surface area contributed by atoms with Crippen LogP contribution >= 0.6 is 0 Å². The smallest absolute Gasteiger partial charge is 0.221 e. The van der Waals surface area contributed by atoms with E-state index in [9.17, 15) is 4.79 Å². The van der Waals surface area contributed by atoms with Crippen LogP contribution < -0.4 is 5.32 Å². The molecule has 1 aliphatic rings. The standard InChI is InChI=1S/C18H22N4O/c1-14(23)21-16-7-5-15(6-8-16)12-22-11-3-2-4-18(22)17-9-10-19-13-20-17/h5-10,13,18H,2-4,11-12H2,1H3,(H,21,23). The summed E-state index contributed by atoms with van der Waals surface area (Å²) < 4.78 is 0. The second-order valence-corrected chi connectivity index (χ2v) is 5.99. The Hall–Kier alpha value is -2.27. The monoisotopic (exact) mass is 310 g/mol. The van der Waals surface area contributed by atoms with E-state index < -0.39 is 0 Å². The van der Waals surface area contributed by atoms with Gasteiger partial charge < -0.3 is 5.32 Å². The fraction of sp³-hybridized carbons (Fsp3) is 0.389. The van der Waals surface area contributed by atoms with Gasteiger partial charge >= 0.3 is 0 Å². The van der Waals surface area contributed by atoms with Crippen LogP contribution in [0.1, 0.15) is 43.5 Å². The van der Waals surface area contributed by atoms with Crippen molar-refractivity contribution in [1.29, 1.82) is 0 Å². The molecule has 1 unspecified atom stereocenters. The van der Waals surface area contributed by atoms with Gasteiger partial charge in [0.2, 0.25) is 5.91 Å². The number of likely N-dealkylation sites (tertiary alicyclic amines) is 1. The minimum atomic E-state index is -0.0439. The number of carbonyl (C=O) groups excluding carboxylic acids is 1. The van der Waals surface area contributed by atoms with E-state index in [4.69, 9.17) is 0 Å². The van der Waals surface area contributed by atoms with Crippen molar-refractivity contribution in [3.63, 3.8) is 0 Å². The Morgan fingerprint density at radius 1 is 1.26 bits per heavy atom. The van der Waals surface area contributed by atoms with Crippen LogP contribution in [0.5, 0.6) is 0 Å². The van der Waals surface area contributed by atoms with Gasteiger partial charge in [0.05, 0.1) is 11.7 Å². The molecule has 1 aliphatic heterocycles. The number of aromatic nitrogens is 2. The third-order valence-corrected chi connectivity index (χ3v) is 4.22. The minimum Gasteiger partial charge on any atom is -0.326 e. The number of anilines is 1. The molecule has 3 rings (SSSR count). The molecule has 0 spiro atoms. The first kappa shape index (κ1) is 15.6. The molecule has 1 aromatic carbocycles. The lowest BCUT2D eigenvalue weighted by Crippen LogP contribution is -2.33. The molecule has 1 aromatic heterocycles. The number of amides is 1. The van der Waals surface area contributed by atoms with Crippen molar-refractivity contribution in [2.75, 3.05) is 11.9 Å². The summed E-state index contributed by atoms with van der Waals surface area (Å²) in [6.45, 7) is 3.51. The van der Waals surface area contributed by atoms with Gasteiger partial charge in [0.15, 0.2) is 0 Å². The van der Waals surface area contributed by atoms with Gasteiger partial charge in [-0.2, -0.15) is 0 Å². The highest BCUT2D eigenvalue weighted by Crippen LogP contribution is 2.30. The van der Waals surface area contributed by atoms with Crippen LogP contribution in [-0.2, 0) is 11.3 Å². The van der Waals surface area contributed by atoms with Gasteiger partial charge in [-0.05, 0) is 43.1 Å². The van der Waals surface area contributed by atoms with Crippen LogP contribution in [0.15, 0.2) is 42.9 Å². The number of hydrogen-bond acceptors (Lipinski definition) is 4. The SMILES string of the molecule is CC(=O)Nc1ccc(CN2CCCCC2c2ccncn2)cc1. The Bertz CT molecular complexity index is 642. The van der Waals surface area contributed by atoms with Crippen molar-refractivity contribution in [3.05, 3.63) is 54.1 Å². The lowest BCUT2D eigenvalue weighted by molar-refractivity contribution is -0.114. The predicted molar refractivity (Wildman–Crippen MR) is 89.8 cm³/mol. The average molecular weight is 310 g/mol. The summed E-state index contributed by atoms with van der Waals surface area (Å²) in [6, 6.07) is 10.5. The highest BCUT2D eigenvalue weighted by Gasteiger charge is 2.24. The number of nitrogens with one attached hydrogen (secondary N) is 1. The maximum atomic E-state index is 11.1. The van der Waals surface area contributed by atoms with E-state index in [0.29, 0.717) is 6.04 Å². The van der Waals surface area contributed by atoms with E-state index in [1.165, 1.54) is 25.3 Å². The molecule has 1 N–H and O–H groups in total. The molecule has 5 nitrogen and oxygen atoms in total. The van der Waals surface area contributed by atoms with Crippen LogP contribution in [0.3, 0.4) is 0 Å². The third kappa shape index (κ3) is 4.13. The van der Waals surface area contributed by atoms with E-state index in [1.807, 2.05) is 24.4 Å². The minimum absolute atomic E-state index is 0.0439. The normalized spacial score (nSPS) is 18.6. The molecular weight excluding hydrogens is 288 g/mol. The lowest BCUT2D eigenvalue weighted by atomic mass is 9.98. The highest BCUT2D eigenvalue weighted by molar-refractivity contribution is 5.88. The van der Waals surface area contributed by atoms with Crippen LogP contribution in [0.2, 0.25) is 0 Å². The van der Waals surface area contributed by atoms with Crippen LogP contribution in [0.4, 0.5) is 5.69 Å². The fourth-order valence-electron chi connectivity index (χ4n) is 3.14. The fourth-order valence-corrected chi connectivity index (χ4v) is 3.14. The maximum absolute atomic E-state index is 11.1. The first-order valence-electron chi connectivity index (χ1n) is 8.09. The zero-order valence-electron chi connectivity index (χ0n) is 13.4. The summed E-state index contributed by atoms with van der Waals surface area (Å²) in [5.41, 5.74) is 3.20. The molecule has 120 valence electrons. The van der Waals surface area contributed by atoms with Gasteiger partial charge in [0.1, 0.15) is 6.33 Å².